The zero-order chi connectivity index (χ0) is 16.4. The molecule has 9 atom stereocenters. The fourth-order valence-electron chi connectivity index (χ4n) is 2.53. The van der Waals surface area contributed by atoms with Crippen molar-refractivity contribution in [2.24, 2.45) is 0 Å². The summed E-state index contributed by atoms with van der Waals surface area (Å²) in [7, 11) is 0. The van der Waals surface area contributed by atoms with E-state index < -0.39 is 61.9 Å². The van der Waals surface area contributed by atoms with Gasteiger partial charge in [0.2, 0.25) is 0 Å². The third-order valence-electron chi connectivity index (χ3n) is 3.84. The highest BCUT2D eigenvalue weighted by molar-refractivity contribution is 4.90. The van der Waals surface area contributed by atoms with Crippen LogP contribution in [0.25, 0.3) is 0 Å². The number of ether oxygens (including phenoxy) is 3. The molecule has 0 aliphatic carbocycles. The van der Waals surface area contributed by atoms with E-state index in [9.17, 15) is 25.5 Å². The smallest absolute Gasteiger partial charge is 0.187 e. The first-order chi connectivity index (χ1) is 10.4. The van der Waals surface area contributed by atoms with Crippen LogP contribution in [0.15, 0.2) is 0 Å². The molecule has 0 radical (unpaired) electrons. The van der Waals surface area contributed by atoms with E-state index in [2.05, 4.69) is 0 Å². The molecule has 0 amide bonds. The minimum atomic E-state index is -1.65. The molecule has 0 aromatic carbocycles. The summed E-state index contributed by atoms with van der Waals surface area (Å²) >= 11 is 0. The van der Waals surface area contributed by atoms with Crippen molar-refractivity contribution in [3.8, 4) is 0 Å². The Kier molecular flexibility index (Phi) is 6.07. The average Bonchev–Trinajstić information content (AvgIpc) is 2.50. The molecule has 9 unspecified atom stereocenters. The molecule has 0 saturated carbocycles. The van der Waals surface area contributed by atoms with E-state index in [0.717, 1.165) is 0 Å². The van der Waals surface area contributed by atoms with Gasteiger partial charge in [-0.15, -0.1) is 0 Å². The van der Waals surface area contributed by atoms with Crippen LogP contribution in [0.3, 0.4) is 0 Å². The maximum atomic E-state index is 9.92. The number of aliphatic hydroxyl groups excluding tert-OH is 7. The maximum Gasteiger partial charge on any atom is 0.187 e. The molecular formula is C12H22O10. The molecule has 10 heteroatoms. The lowest BCUT2D eigenvalue weighted by Crippen LogP contribution is -2.61. The Bertz CT molecular complexity index is 341. The quantitative estimate of drug-likeness (QED) is 0.268. The molecule has 2 saturated heterocycles. The molecule has 0 aromatic heterocycles. The molecule has 0 spiro atoms. The Hall–Kier alpha value is -0.400. The van der Waals surface area contributed by atoms with E-state index in [1.54, 1.807) is 0 Å². The molecule has 10 nitrogen and oxygen atoms in total. The van der Waals surface area contributed by atoms with Crippen LogP contribution in [-0.2, 0) is 14.2 Å². The van der Waals surface area contributed by atoms with Crippen molar-refractivity contribution in [1.29, 1.82) is 0 Å². The van der Waals surface area contributed by atoms with E-state index in [1.165, 1.54) is 0 Å². The zero-order valence-electron chi connectivity index (χ0n) is 11.7. The van der Waals surface area contributed by atoms with Gasteiger partial charge in [-0.2, -0.15) is 0 Å². The lowest BCUT2D eigenvalue weighted by atomic mass is 9.98. The van der Waals surface area contributed by atoms with Crippen LogP contribution in [0, 0.1) is 0 Å². The highest BCUT2D eigenvalue weighted by atomic mass is 16.7. The molecule has 22 heavy (non-hydrogen) atoms. The second kappa shape index (κ2) is 7.45. The van der Waals surface area contributed by atoms with Crippen molar-refractivity contribution in [3.05, 3.63) is 0 Å². The van der Waals surface area contributed by atoms with Crippen molar-refractivity contribution in [2.75, 3.05) is 13.2 Å². The van der Waals surface area contributed by atoms with E-state index in [0.29, 0.717) is 0 Å². The van der Waals surface area contributed by atoms with Gasteiger partial charge >= 0.3 is 0 Å². The topological polar surface area (TPSA) is 169 Å². The Morgan fingerprint density at radius 2 is 1.55 bits per heavy atom. The highest BCUT2D eigenvalue weighted by Crippen LogP contribution is 2.27. The maximum absolute atomic E-state index is 9.92. The van der Waals surface area contributed by atoms with Gasteiger partial charge in [-0.05, 0) is 0 Å². The van der Waals surface area contributed by atoms with E-state index >= 15 is 0 Å². The number of rotatable bonds is 4. The van der Waals surface area contributed by atoms with Crippen molar-refractivity contribution in [1.82, 2.24) is 0 Å². The number of hydrogen-bond acceptors (Lipinski definition) is 10. The van der Waals surface area contributed by atoms with Crippen molar-refractivity contribution in [2.45, 2.75) is 61.7 Å². The zero-order valence-corrected chi connectivity index (χ0v) is 11.7. The van der Waals surface area contributed by atoms with Crippen molar-refractivity contribution in [3.63, 3.8) is 0 Å². The third-order valence-corrected chi connectivity index (χ3v) is 3.84. The fourth-order valence-corrected chi connectivity index (χ4v) is 2.53. The standard InChI is InChI=1S/C12H22O10/c13-2-4-1-5(15)10(11(19)20-4)22-12-9(18)8(17)7(16)6(3-14)21-12/h4-19H,1-3H2. The van der Waals surface area contributed by atoms with Crippen molar-refractivity contribution >= 4 is 0 Å². The molecule has 2 heterocycles. The summed E-state index contributed by atoms with van der Waals surface area (Å²) in [5.41, 5.74) is 0. The van der Waals surface area contributed by atoms with E-state index in [1.807, 2.05) is 0 Å². The van der Waals surface area contributed by atoms with Gasteiger partial charge in [0, 0.05) is 6.42 Å². The van der Waals surface area contributed by atoms with Crippen LogP contribution in [-0.4, -0.2) is 104 Å². The molecule has 0 aromatic rings. The minimum Gasteiger partial charge on any atom is -0.394 e. The molecule has 2 aliphatic rings. The average molecular weight is 326 g/mol. The Morgan fingerprint density at radius 3 is 2.09 bits per heavy atom. The molecule has 0 bridgehead atoms. The summed E-state index contributed by atoms with van der Waals surface area (Å²) in [5.74, 6) is 0. The highest BCUT2D eigenvalue weighted by Gasteiger charge is 2.47. The van der Waals surface area contributed by atoms with Crippen LogP contribution in [0.4, 0.5) is 0 Å². The Labute approximate surface area is 126 Å². The first-order valence-corrected chi connectivity index (χ1v) is 6.97. The minimum absolute atomic E-state index is 0.00432. The van der Waals surface area contributed by atoms with Gasteiger partial charge in [0.05, 0.1) is 25.4 Å². The predicted molar refractivity (Wildman–Crippen MR) is 67.2 cm³/mol. The summed E-state index contributed by atoms with van der Waals surface area (Å²) < 4.78 is 15.4. The largest absolute Gasteiger partial charge is 0.394 e. The Morgan fingerprint density at radius 1 is 0.864 bits per heavy atom. The van der Waals surface area contributed by atoms with Gasteiger partial charge in [0.15, 0.2) is 12.6 Å². The predicted octanol–water partition coefficient (Wildman–Crippen LogP) is -4.37. The van der Waals surface area contributed by atoms with Crippen LogP contribution >= 0.6 is 0 Å². The second-order valence-corrected chi connectivity index (χ2v) is 5.43. The van der Waals surface area contributed by atoms with Crippen LogP contribution in [0.5, 0.6) is 0 Å². The summed E-state index contributed by atoms with van der Waals surface area (Å²) in [6, 6.07) is 0. The fraction of sp³-hybridized carbons (Fsp3) is 1.00. The molecule has 7 N–H and O–H groups in total. The van der Waals surface area contributed by atoms with Gasteiger partial charge in [-0.3, -0.25) is 0 Å². The van der Waals surface area contributed by atoms with Gasteiger partial charge in [0.25, 0.3) is 0 Å². The lowest BCUT2D eigenvalue weighted by molar-refractivity contribution is -0.350. The molecule has 2 aliphatic heterocycles. The lowest BCUT2D eigenvalue weighted by Gasteiger charge is -2.43. The van der Waals surface area contributed by atoms with E-state index in [4.69, 9.17) is 24.4 Å². The van der Waals surface area contributed by atoms with Crippen LogP contribution < -0.4 is 0 Å². The second-order valence-electron chi connectivity index (χ2n) is 5.43. The normalized spacial score (nSPS) is 50.0. The van der Waals surface area contributed by atoms with E-state index in [-0.39, 0.29) is 13.0 Å². The van der Waals surface area contributed by atoms with Crippen LogP contribution in [0.1, 0.15) is 6.42 Å². The SMILES string of the molecule is OCC1CC(O)C(OC2OC(CO)C(O)C(O)C2O)C(O)O1. The van der Waals surface area contributed by atoms with Crippen LogP contribution in [0.2, 0.25) is 0 Å². The van der Waals surface area contributed by atoms with Gasteiger partial charge in [-0.25, -0.2) is 0 Å². The Balaban J connectivity index is 2.02. The summed E-state index contributed by atoms with van der Waals surface area (Å²) in [5, 5.41) is 66.9. The summed E-state index contributed by atoms with van der Waals surface area (Å²) in [6.07, 6.45) is -12.3. The molecule has 130 valence electrons. The first kappa shape index (κ1) is 17.9. The molecule has 2 fully saturated rings. The van der Waals surface area contributed by atoms with Crippen molar-refractivity contribution < 1.29 is 50.0 Å². The number of hydrogen-bond donors (Lipinski definition) is 7. The van der Waals surface area contributed by atoms with Gasteiger partial charge < -0.3 is 50.0 Å². The summed E-state index contributed by atoms with van der Waals surface area (Å²) in [4.78, 5) is 0. The summed E-state index contributed by atoms with van der Waals surface area (Å²) in [6.45, 7) is -1.01. The first-order valence-electron chi connectivity index (χ1n) is 6.97. The van der Waals surface area contributed by atoms with Gasteiger partial charge in [0.1, 0.15) is 30.5 Å². The molecule has 2 rings (SSSR count). The monoisotopic (exact) mass is 326 g/mol. The van der Waals surface area contributed by atoms with Gasteiger partial charge in [-0.1, -0.05) is 0 Å². The third kappa shape index (κ3) is 3.57. The molecular weight excluding hydrogens is 304 g/mol. The number of aliphatic hydroxyl groups is 7.